The zero-order chi connectivity index (χ0) is 21.2. The Hall–Kier alpha value is -3.02. The van der Waals surface area contributed by atoms with Crippen molar-refractivity contribution in [3.8, 4) is 11.5 Å². The molecule has 29 heavy (non-hydrogen) atoms. The molecule has 0 bridgehead atoms. The van der Waals surface area contributed by atoms with Crippen molar-refractivity contribution in [1.82, 2.24) is 10.2 Å². The third-order valence-electron chi connectivity index (χ3n) is 4.43. The maximum absolute atomic E-state index is 13.0. The van der Waals surface area contributed by atoms with E-state index in [4.69, 9.17) is 9.47 Å². The van der Waals surface area contributed by atoms with Gasteiger partial charge in [0.05, 0.1) is 7.11 Å². The lowest BCUT2D eigenvalue weighted by molar-refractivity contribution is -0.143. The van der Waals surface area contributed by atoms with Crippen LogP contribution in [-0.4, -0.2) is 42.5 Å². The normalized spacial score (nSPS) is 11.6. The van der Waals surface area contributed by atoms with Crippen LogP contribution in [0.3, 0.4) is 0 Å². The predicted molar refractivity (Wildman–Crippen MR) is 113 cm³/mol. The van der Waals surface area contributed by atoms with E-state index in [1.54, 1.807) is 24.1 Å². The van der Waals surface area contributed by atoms with Crippen LogP contribution in [0.5, 0.6) is 11.5 Å². The lowest BCUT2D eigenvalue weighted by Crippen LogP contribution is -2.51. The average Bonchev–Trinajstić information content (AvgIpc) is 2.72. The maximum atomic E-state index is 13.0. The van der Waals surface area contributed by atoms with E-state index in [-0.39, 0.29) is 24.5 Å². The van der Waals surface area contributed by atoms with Crippen LogP contribution in [0.4, 0.5) is 0 Å². The number of hydrogen-bond donors (Lipinski definition) is 1. The first kappa shape index (κ1) is 22.3. The second-order valence-electron chi connectivity index (χ2n) is 7.06. The van der Waals surface area contributed by atoms with Crippen molar-refractivity contribution < 1.29 is 19.1 Å². The fraction of sp³-hybridized carbons (Fsp3) is 0.391. The molecule has 6 heteroatoms. The molecule has 0 fully saturated rings. The average molecular weight is 399 g/mol. The number of hydrogen-bond acceptors (Lipinski definition) is 4. The number of carbonyl (C=O) groups excluding carboxylic acids is 2. The number of nitrogens with one attached hydrogen (secondary N) is 1. The fourth-order valence-corrected chi connectivity index (χ4v) is 2.97. The van der Waals surface area contributed by atoms with E-state index >= 15 is 0 Å². The molecule has 0 saturated heterocycles. The van der Waals surface area contributed by atoms with E-state index in [0.29, 0.717) is 18.7 Å². The highest BCUT2D eigenvalue weighted by atomic mass is 16.5. The molecule has 1 unspecified atom stereocenters. The molecule has 0 aliphatic rings. The zero-order valence-electron chi connectivity index (χ0n) is 17.6. The minimum Gasteiger partial charge on any atom is -0.497 e. The molecule has 1 atom stereocenters. The molecule has 6 nitrogen and oxygen atoms in total. The van der Waals surface area contributed by atoms with Crippen LogP contribution in [0.15, 0.2) is 54.6 Å². The molecule has 0 aliphatic heterocycles. The Morgan fingerprint density at radius 2 is 1.66 bits per heavy atom. The van der Waals surface area contributed by atoms with Gasteiger partial charge < -0.3 is 19.7 Å². The quantitative estimate of drug-likeness (QED) is 0.666. The highest BCUT2D eigenvalue weighted by Crippen LogP contribution is 2.17. The van der Waals surface area contributed by atoms with Crippen molar-refractivity contribution in [3.63, 3.8) is 0 Å². The second kappa shape index (κ2) is 11.1. The van der Waals surface area contributed by atoms with Gasteiger partial charge in [-0.2, -0.15) is 0 Å². The van der Waals surface area contributed by atoms with Crippen LogP contribution in [0, 0.1) is 0 Å². The summed E-state index contributed by atoms with van der Waals surface area (Å²) in [5.74, 6) is 0.952. The van der Waals surface area contributed by atoms with Gasteiger partial charge in [0.25, 0.3) is 5.91 Å². The third-order valence-corrected chi connectivity index (χ3v) is 4.43. The summed E-state index contributed by atoms with van der Waals surface area (Å²) < 4.78 is 10.8. The van der Waals surface area contributed by atoms with Gasteiger partial charge in [0.2, 0.25) is 5.91 Å². The van der Waals surface area contributed by atoms with Gasteiger partial charge in [-0.1, -0.05) is 37.3 Å². The van der Waals surface area contributed by atoms with Crippen LogP contribution >= 0.6 is 0 Å². The largest absolute Gasteiger partial charge is 0.497 e. The lowest BCUT2D eigenvalue weighted by atomic mass is 10.1. The van der Waals surface area contributed by atoms with Crippen molar-refractivity contribution in [2.75, 3.05) is 13.7 Å². The number of carbonyl (C=O) groups is 2. The number of methoxy groups -OCH3 is 1. The van der Waals surface area contributed by atoms with Crippen molar-refractivity contribution >= 4 is 11.8 Å². The second-order valence-corrected chi connectivity index (χ2v) is 7.06. The Labute approximate surface area is 172 Å². The van der Waals surface area contributed by atoms with E-state index in [0.717, 1.165) is 11.3 Å². The monoisotopic (exact) mass is 398 g/mol. The number of para-hydroxylation sites is 1. The highest BCUT2D eigenvalue weighted by molar-refractivity contribution is 5.88. The number of ether oxygens (including phenoxy) is 2. The lowest BCUT2D eigenvalue weighted by Gasteiger charge is -2.31. The van der Waals surface area contributed by atoms with Crippen LogP contribution < -0.4 is 14.8 Å². The van der Waals surface area contributed by atoms with Gasteiger partial charge in [0, 0.05) is 12.6 Å². The SMILES string of the molecule is CCC(C(=O)NC(C)C)N(Cc1ccc(OC)cc1)C(=O)COc1ccccc1. The Kier molecular flexibility index (Phi) is 8.52. The van der Waals surface area contributed by atoms with Gasteiger partial charge >= 0.3 is 0 Å². The van der Waals surface area contributed by atoms with Crippen LogP contribution in [0.2, 0.25) is 0 Å². The Morgan fingerprint density at radius 1 is 1.00 bits per heavy atom. The molecule has 0 aromatic heterocycles. The van der Waals surface area contributed by atoms with Crippen molar-refractivity contribution in [1.29, 1.82) is 0 Å². The molecule has 156 valence electrons. The third kappa shape index (κ3) is 6.82. The number of amides is 2. The van der Waals surface area contributed by atoms with E-state index < -0.39 is 6.04 Å². The first-order valence-corrected chi connectivity index (χ1v) is 9.85. The van der Waals surface area contributed by atoms with Crippen LogP contribution in [0.1, 0.15) is 32.8 Å². The molecule has 0 saturated carbocycles. The van der Waals surface area contributed by atoms with Crippen molar-refractivity contribution in [3.05, 3.63) is 60.2 Å². The summed E-state index contributed by atoms with van der Waals surface area (Å²) in [6.45, 7) is 5.88. The molecule has 2 rings (SSSR count). The summed E-state index contributed by atoms with van der Waals surface area (Å²) in [6.07, 6.45) is 0.506. The minimum absolute atomic E-state index is 0.00458. The first-order valence-electron chi connectivity index (χ1n) is 9.85. The first-order chi connectivity index (χ1) is 13.9. The summed E-state index contributed by atoms with van der Waals surface area (Å²) in [5.41, 5.74) is 0.912. The summed E-state index contributed by atoms with van der Waals surface area (Å²) in [4.78, 5) is 27.3. The molecule has 0 heterocycles. The molecular weight excluding hydrogens is 368 g/mol. The summed E-state index contributed by atoms with van der Waals surface area (Å²) in [6, 6.07) is 16.1. The van der Waals surface area contributed by atoms with E-state index in [2.05, 4.69) is 5.32 Å². The van der Waals surface area contributed by atoms with Crippen LogP contribution in [-0.2, 0) is 16.1 Å². The molecule has 2 aromatic rings. The standard InChI is InChI=1S/C23H30N2O4/c1-5-21(23(27)24-17(2)3)25(15-18-11-13-19(28-4)14-12-18)22(26)16-29-20-9-7-6-8-10-20/h6-14,17,21H,5,15-16H2,1-4H3,(H,24,27). The van der Waals surface area contributed by atoms with E-state index in [9.17, 15) is 9.59 Å². The fourth-order valence-electron chi connectivity index (χ4n) is 2.97. The smallest absolute Gasteiger partial charge is 0.261 e. The van der Waals surface area contributed by atoms with Gasteiger partial charge in [-0.3, -0.25) is 9.59 Å². The Morgan fingerprint density at radius 3 is 2.21 bits per heavy atom. The van der Waals surface area contributed by atoms with Crippen molar-refractivity contribution in [2.45, 2.75) is 45.8 Å². The Bertz CT molecular complexity index is 775. The summed E-state index contributed by atoms with van der Waals surface area (Å²) in [5, 5.41) is 2.91. The van der Waals surface area contributed by atoms with E-state index in [1.165, 1.54) is 0 Å². The Balaban J connectivity index is 2.19. The molecular formula is C23H30N2O4. The summed E-state index contributed by atoms with van der Waals surface area (Å²) >= 11 is 0. The highest BCUT2D eigenvalue weighted by Gasteiger charge is 2.29. The number of rotatable bonds is 10. The van der Waals surface area contributed by atoms with Gasteiger partial charge in [-0.05, 0) is 50.1 Å². The van der Waals surface area contributed by atoms with Gasteiger partial charge in [-0.15, -0.1) is 0 Å². The topological polar surface area (TPSA) is 67.9 Å². The van der Waals surface area contributed by atoms with E-state index in [1.807, 2.05) is 63.2 Å². The molecule has 2 amide bonds. The molecule has 0 spiro atoms. The van der Waals surface area contributed by atoms with Crippen molar-refractivity contribution in [2.24, 2.45) is 0 Å². The minimum atomic E-state index is -0.577. The zero-order valence-corrected chi connectivity index (χ0v) is 17.6. The molecule has 0 aliphatic carbocycles. The van der Waals surface area contributed by atoms with Crippen LogP contribution in [0.25, 0.3) is 0 Å². The molecule has 2 aromatic carbocycles. The van der Waals surface area contributed by atoms with Gasteiger partial charge in [-0.25, -0.2) is 0 Å². The molecule has 0 radical (unpaired) electrons. The maximum Gasteiger partial charge on any atom is 0.261 e. The predicted octanol–water partition coefficient (Wildman–Crippen LogP) is 3.41. The van der Waals surface area contributed by atoms with Gasteiger partial charge in [0.1, 0.15) is 17.5 Å². The molecule has 1 N–H and O–H groups in total. The van der Waals surface area contributed by atoms with Gasteiger partial charge in [0.15, 0.2) is 6.61 Å². The summed E-state index contributed by atoms with van der Waals surface area (Å²) in [7, 11) is 1.61. The number of benzene rings is 2. The number of nitrogens with zero attached hydrogens (tertiary/aromatic N) is 1.